The summed E-state index contributed by atoms with van der Waals surface area (Å²) in [4.78, 5) is 0. The van der Waals surface area contributed by atoms with Gasteiger partial charge >= 0.3 is 0 Å². The first-order valence-corrected chi connectivity index (χ1v) is 6.61. The molecule has 0 atom stereocenters. The molecule has 4 heteroatoms. The zero-order chi connectivity index (χ0) is 13.9. The second kappa shape index (κ2) is 5.39. The van der Waals surface area contributed by atoms with E-state index in [0.29, 0.717) is 10.8 Å². The Kier molecular flexibility index (Phi) is 3.44. The molecule has 0 saturated carbocycles. The van der Waals surface area contributed by atoms with E-state index < -0.39 is 0 Å². The van der Waals surface area contributed by atoms with Gasteiger partial charge in [-0.15, -0.1) is 0 Å². The third kappa shape index (κ3) is 2.17. The number of benzene rings is 2. The molecule has 0 spiro atoms. The van der Waals surface area contributed by atoms with Crippen LogP contribution >= 0.6 is 11.6 Å². The molecule has 0 saturated heterocycles. The fourth-order valence-electron chi connectivity index (χ4n) is 2.15. The van der Waals surface area contributed by atoms with Gasteiger partial charge in [0.25, 0.3) is 0 Å². The van der Waals surface area contributed by atoms with Crippen LogP contribution in [0, 0.1) is 0 Å². The van der Waals surface area contributed by atoms with Gasteiger partial charge in [0.05, 0.1) is 24.0 Å². The quantitative estimate of drug-likeness (QED) is 0.721. The molecule has 3 nitrogen and oxygen atoms in total. The Morgan fingerprint density at radius 3 is 2.40 bits per heavy atom. The zero-order valence-electron chi connectivity index (χ0n) is 11.0. The number of methoxy groups -OCH3 is 1. The molecular weight excluding hydrogens is 272 g/mol. The first-order chi connectivity index (χ1) is 9.81. The van der Waals surface area contributed by atoms with Crippen molar-refractivity contribution in [2.75, 3.05) is 7.11 Å². The van der Waals surface area contributed by atoms with E-state index in [2.05, 4.69) is 5.10 Å². The van der Waals surface area contributed by atoms with Gasteiger partial charge in [-0.1, -0.05) is 48.0 Å². The van der Waals surface area contributed by atoms with Crippen LogP contribution in [0.1, 0.15) is 0 Å². The molecule has 100 valence electrons. The van der Waals surface area contributed by atoms with Crippen molar-refractivity contribution in [2.45, 2.75) is 0 Å². The summed E-state index contributed by atoms with van der Waals surface area (Å²) < 4.78 is 7.25. The van der Waals surface area contributed by atoms with Crippen LogP contribution in [0.25, 0.3) is 16.9 Å². The summed E-state index contributed by atoms with van der Waals surface area (Å²) in [6.45, 7) is 0. The number of halogens is 1. The summed E-state index contributed by atoms with van der Waals surface area (Å²) in [7, 11) is 1.63. The van der Waals surface area contributed by atoms with E-state index >= 15 is 0 Å². The Balaban J connectivity index is 2.24. The first-order valence-electron chi connectivity index (χ1n) is 6.23. The highest BCUT2D eigenvalue weighted by Crippen LogP contribution is 2.35. The van der Waals surface area contributed by atoms with Crippen LogP contribution in [-0.4, -0.2) is 16.9 Å². The monoisotopic (exact) mass is 284 g/mol. The van der Waals surface area contributed by atoms with Crippen molar-refractivity contribution in [1.29, 1.82) is 0 Å². The molecule has 0 aliphatic rings. The smallest absolute Gasteiger partial charge is 0.165 e. The Hall–Kier alpha value is -2.26. The van der Waals surface area contributed by atoms with Gasteiger partial charge in [0.1, 0.15) is 5.69 Å². The predicted molar refractivity (Wildman–Crippen MR) is 80.6 cm³/mol. The number of hydrogen-bond donors (Lipinski definition) is 0. The second-order valence-electron chi connectivity index (χ2n) is 4.29. The number of para-hydroxylation sites is 1. The van der Waals surface area contributed by atoms with Gasteiger partial charge < -0.3 is 4.74 Å². The van der Waals surface area contributed by atoms with Crippen molar-refractivity contribution >= 4 is 11.6 Å². The molecule has 2 aromatic carbocycles. The van der Waals surface area contributed by atoms with Gasteiger partial charge in [0, 0.05) is 5.56 Å². The third-order valence-corrected chi connectivity index (χ3v) is 3.41. The lowest BCUT2D eigenvalue weighted by Crippen LogP contribution is -1.99. The van der Waals surface area contributed by atoms with Crippen molar-refractivity contribution in [3.63, 3.8) is 0 Å². The lowest BCUT2D eigenvalue weighted by atomic mass is 10.1. The highest BCUT2D eigenvalue weighted by atomic mass is 35.5. The van der Waals surface area contributed by atoms with Crippen molar-refractivity contribution < 1.29 is 4.74 Å². The average molecular weight is 285 g/mol. The summed E-state index contributed by atoms with van der Waals surface area (Å²) in [6, 6.07) is 17.6. The van der Waals surface area contributed by atoms with Crippen molar-refractivity contribution in [1.82, 2.24) is 9.78 Å². The van der Waals surface area contributed by atoms with Gasteiger partial charge in [0.15, 0.2) is 5.75 Å². The van der Waals surface area contributed by atoms with Crippen LogP contribution in [-0.2, 0) is 0 Å². The molecule has 0 aliphatic carbocycles. The highest BCUT2D eigenvalue weighted by molar-refractivity contribution is 6.33. The number of ether oxygens (including phenoxy) is 1. The minimum absolute atomic E-state index is 0.670. The number of rotatable bonds is 3. The Morgan fingerprint density at radius 2 is 1.70 bits per heavy atom. The van der Waals surface area contributed by atoms with Crippen LogP contribution in [0.3, 0.4) is 0 Å². The highest BCUT2D eigenvalue weighted by Gasteiger charge is 2.17. The second-order valence-corrected chi connectivity index (χ2v) is 4.70. The van der Waals surface area contributed by atoms with Crippen LogP contribution in [0.15, 0.2) is 60.8 Å². The fraction of sp³-hybridized carbons (Fsp3) is 0.0625. The molecule has 0 amide bonds. The SMILES string of the molecule is COc1cnn(-c2ccccc2)c1-c1ccccc1Cl. The normalized spacial score (nSPS) is 10.5. The molecule has 1 aromatic heterocycles. The minimum atomic E-state index is 0.670. The molecule has 0 N–H and O–H groups in total. The molecule has 0 fully saturated rings. The maximum Gasteiger partial charge on any atom is 0.165 e. The topological polar surface area (TPSA) is 27.1 Å². The van der Waals surface area contributed by atoms with Crippen LogP contribution < -0.4 is 4.74 Å². The van der Waals surface area contributed by atoms with Gasteiger partial charge in [-0.05, 0) is 18.2 Å². The van der Waals surface area contributed by atoms with E-state index in [0.717, 1.165) is 16.9 Å². The van der Waals surface area contributed by atoms with Gasteiger partial charge in [0.2, 0.25) is 0 Å². The predicted octanol–water partition coefficient (Wildman–Crippen LogP) is 4.20. The van der Waals surface area contributed by atoms with Crippen molar-refractivity contribution in [2.24, 2.45) is 0 Å². The maximum atomic E-state index is 6.31. The lowest BCUT2D eigenvalue weighted by Gasteiger charge is -2.10. The number of aromatic nitrogens is 2. The maximum absolute atomic E-state index is 6.31. The molecular formula is C16H13ClN2O. The Labute approximate surface area is 122 Å². The summed E-state index contributed by atoms with van der Waals surface area (Å²) in [5.74, 6) is 0.696. The van der Waals surface area contributed by atoms with Crippen molar-refractivity contribution in [3.05, 3.63) is 65.8 Å². The first kappa shape index (κ1) is 12.8. The molecule has 3 rings (SSSR count). The van der Waals surface area contributed by atoms with Gasteiger partial charge in [-0.2, -0.15) is 5.10 Å². The molecule has 0 radical (unpaired) electrons. The van der Waals surface area contributed by atoms with E-state index in [-0.39, 0.29) is 0 Å². The molecule has 20 heavy (non-hydrogen) atoms. The van der Waals surface area contributed by atoms with Crippen LogP contribution in [0.2, 0.25) is 5.02 Å². The molecule has 0 unspecified atom stereocenters. The van der Waals surface area contributed by atoms with Gasteiger partial charge in [-0.25, -0.2) is 4.68 Å². The molecule has 1 heterocycles. The summed E-state index contributed by atoms with van der Waals surface area (Å²) in [5.41, 5.74) is 2.71. The fourth-order valence-corrected chi connectivity index (χ4v) is 2.37. The Morgan fingerprint density at radius 1 is 1.00 bits per heavy atom. The summed E-state index contributed by atoms with van der Waals surface area (Å²) in [5, 5.41) is 5.08. The van der Waals surface area contributed by atoms with E-state index in [1.807, 2.05) is 59.3 Å². The lowest BCUT2D eigenvalue weighted by molar-refractivity contribution is 0.416. The number of nitrogens with zero attached hydrogens (tertiary/aromatic N) is 2. The Bertz CT molecular complexity index is 722. The molecule has 0 aliphatic heterocycles. The van der Waals surface area contributed by atoms with Crippen LogP contribution in [0.4, 0.5) is 0 Å². The summed E-state index contributed by atoms with van der Waals surface area (Å²) in [6.07, 6.45) is 1.70. The number of hydrogen-bond acceptors (Lipinski definition) is 2. The van der Waals surface area contributed by atoms with Crippen LogP contribution in [0.5, 0.6) is 5.75 Å². The standard InChI is InChI=1S/C16H13ClN2O/c1-20-15-11-18-19(12-7-3-2-4-8-12)16(15)13-9-5-6-10-14(13)17/h2-11H,1H3. The van der Waals surface area contributed by atoms with E-state index in [9.17, 15) is 0 Å². The summed E-state index contributed by atoms with van der Waals surface area (Å²) >= 11 is 6.31. The zero-order valence-corrected chi connectivity index (χ0v) is 11.7. The third-order valence-electron chi connectivity index (χ3n) is 3.09. The molecule has 3 aromatic rings. The largest absolute Gasteiger partial charge is 0.493 e. The average Bonchev–Trinajstić information content (AvgIpc) is 2.92. The minimum Gasteiger partial charge on any atom is -0.493 e. The van der Waals surface area contributed by atoms with Gasteiger partial charge in [-0.3, -0.25) is 0 Å². The van der Waals surface area contributed by atoms with Crippen molar-refractivity contribution in [3.8, 4) is 22.7 Å². The van der Waals surface area contributed by atoms with E-state index in [1.54, 1.807) is 13.3 Å². The van der Waals surface area contributed by atoms with E-state index in [4.69, 9.17) is 16.3 Å². The molecule has 0 bridgehead atoms. The van der Waals surface area contributed by atoms with E-state index in [1.165, 1.54) is 0 Å².